The number of hydrogen-bond donors (Lipinski definition) is 0. The minimum absolute atomic E-state index is 0.0942. The van der Waals surface area contributed by atoms with Gasteiger partial charge in [0.15, 0.2) is 0 Å². The number of aromatic nitrogens is 1. The van der Waals surface area contributed by atoms with Crippen LogP contribution in [0.4, 0.5) is 17.1 Å². The Balaban J connectivity index is 0.912. The van der Waals surface area contributed by atoms with Crippen molar-refractivity contribution < 1.29 is 0 Å². The third-order valence-electron chi connectivity index (χ3n) is 18.8. The Morgan fingerprint density at radius 1 is 0.278 bits per heavy atom. The molecule has 5 heterocycles. The lowest BCUT2D eigenvalue weighted by molar-refractivity contribution is 1.15. The number of nitrogens with zero attached hydrogens (tertiary/aromatic N) is 2. The van der Waals surface area contributed by atoms with Gasteiger partial charge in [-0.3, -0.25) is 0 Å². The molecule has 90 heavy (non-hydrogen) atoms. The maximum atomic E-state index is 2.68. The quantitative estimate of drug-likeness (QED) is 0.140. The van der Waals surface area contributed by atoms with Crippen molar-refractivity contribution in [3.63, 3.8) is 0 Å². The van der Waals surface area contributed by atoms with E-state index in [1.807, 2.05) is 34.4 Å². The predicted molar refractivity (Wildman–Crippen MR) is 389 cm³/mol. The zero-order valence-corrected chi connectivity index (χ0v) is 51.1. The highest BCUT2D eigenvalue weighted by Gasteiger charge is 2.43. The summed E-state index contributed by atoms with van der Waals surface area (Å²) in [4.78, 5) is 5.20. The van der Waals surface area contributed by atoms with Crippen molar-refractivity contribution in [2.24, 2.45) is 0 Å². The second-order valence-electron chi connectivity index (χ2n) is 23.8. The molecule has 418 valence electrons. The molecule has 0 atom stereocenters. The summed E-state index contributed by atoms with van der Waals surface area (Å²) in [6, 6.07) is 116. The van der Waals surface area contributed by atoms with Crippen LogP contribution in [-0.2, 0) is 0 Å². The number of anilines is 3. The van der Waals surface area contributed by atoms with Crippen molar-refractivity contribution in [2.45, 2.75) is 9.79 Å². The fourth-order valence-corrected chi connectivity index (χ4v) is 18.5. The van der Waals surface area contributed by atoms with Crippen LogP contribution in [0.1, 0.15) is 0 Å². The monoisotopic (exact) mass is 1190 g/mol. The van der Waals surface area contributed by atoms with Gasteiger partial charge in [-0.05, 0) is 128 Å². The van der Waals surface area contributed by atoms with Crippen LogP contribution in [0, 0.1) is 0 Å². The molecule has 14 aromatic carbocycles. The molecule has 19 rings (SSSR count). The third-order valence-corrected chi connectivity index (χ3v) is 22.4. The summed E-state index contributed by atoms with van der Waals surface area (Å²) in [5.74, 6) is 0. The number of para-hydroxylation sites is 3. The maximum absolute atomic E-state index is 2.68. The fourth-order valence-electron chi connectivity index (χ4n) is 14.8. The first-order valence-corrected chi connectivity index (χ1v) is 33.3. The summed E-state index contributed by atoms with van der Waals surface area (Å²) >= 11 is 5.72. The molecule has 0 saturated carbocycles. The molecule has 0 N–H and O–H groups in total. The third kappa shape index (κ3) is 8.05. The Kier molecular flexibility index (Phi) is 11.8. The summed E-state index contributed by atoms with van der Waals surface area (Å²) < 4.78 is 7.76. The highest BCUT2D eigenvalue weighted by molar-refractivity contribution is 8.00. The van der Waals surface area contributed by atoms with Crippen LogP contribution < -0.4 is 21.3 Å². The Labute approximate surface area is 533 Å². The van der Waals surface area contributed by atoms with Crippen molar-refractivity contribution in [3.8, 4) is 72.4 Å². The smallest absolute Gasteiger partial charge is 0.249 e. The van der Waals surface area contributed by atoms with E-state index < -0.39 is 0 Å². The highest BCUT2D eigenvalue weighted by atomic mass is 32.2. The summed E-state index contributed by atoms with van der Waals surface area (Å²) in [5, 5.41) is 7.65. The molecule has 0 unspecified atom stereocenters. The van der Waals surface area contributed by atoms with Crippen molar-refractivity contribution >= 4 is 137 Å². The van der Waals surface area contributed by atoms with Gasteiger partial charge in [0.25, 0.3) is 0 Å². The van der Waals surface area contributed by atoms with Gasteiger partial charge in [0.05, 0.1) is 16.7 Å². The number of rotatable bonds is 8. The van der Waals surface area contributed by atoms with Crippen LogP contribution >= 0.6 is 34.4 Å². The summed E-state index contributed by atoms with van der Waals surface area (Å²) in [6.45, 7) is -0.0942. The van der Waals surface area contributed by atoms with Gasteiger partial charge in [0, 0.05) is 100 Å². The van der Waals surface area contributed by atoms with E-state index in [2.05, 4.69) is 319 Å². The van der Waals surface area contributed by atoms with E-state index in [1.165, 1.54) is 150 Å². The predicted octanol–water partition coefficient (Wildman–Crippen LogP) is 22.3. The molecule has 0 bridgehead atoms. The molecule has 0 amide bonds. The average Bonchev–Trinajstić information content (AvgIpc) is 0.823. The lowest BCUT2D eigenvalue weighted by Crippen LogP contribution is -2.60. The van der Waals surface area contributed by atoms with Gasteiger partial charge in [-0.2, -0.15) is 0 Å². The fraction of sp³-hybridized carbons (Fsp3) is 0. The largest absolute Gasteiger partial charge is 0.310 e. The zero-order chi connectivity index (χ0) is 59.0. The summed E-state index contributed by atoms with van der Waals surface area (Å²) in [7, 11) is 0. The standard InChI is InChI=1S/C84H51BN2S3/c1-5-22-52(23-6-1)61-34-21-35-62(53-24-7-2-8-25-53)82(61)87-75-48-56(58-44-67(54-26-9-3-10-27-54)83-69(46-58)65-32-15-19-38-77(65)89-83)40-42-71(75)85-72-43-41-57(59-45-68(55-28-11-4-12-29-55)84-70(47-59)66-33-16-20-39-78(66)90-84)49-79(72)88-80-51-60(50-76(87)81(80)85)86-73-36-17-13-30-63(73)64-31-14-18-37-74(64)86/h1-51H. The number of fused-ring (bicyclic) bond motifs is 13. The van der Waals surface area contributed by atoms with Gasteiger partial charge in [-0.1, -0.05) is 254 Å². The van der Waals surface area contributed by atoms with E-state index in [-0.39, 0.29) is 6.71 Å². The maximum Gasteiger partial charge on any atom is 0.249 e. The van der Waals surface area contributed by atoms with Crippen LogP contribution in [0.3, 0.4) is 0 Å². The van der Waals surface area contributed by atoms with Gasteiger partial charge < -0.3 is 9.47 Å². The molecule has 17 aromatic rings. The normalized spacial score (nSPS) is 12.6. The average molecular weight is 1200 g/mol. The van der Waals surface area contributed by atoms with Gasteiger partial charge in [-0.25, -0.2) is 0 Å². The molecule has 2 aliphatic heterocycles. The van der Waals surface area contributed by atoms with Crippen LogP contribution in [0.5, 0.6) is 0 Å². The van der Waals surface area contributed by atoms with E-state index in [9.17, 15) is 0 Å². The van der Waals surface area contributed by atoms with Crippen LogP contribution in [0.25, 0.3) is 135 Å². The van der Waals surface area contributed by atoms with E-state index in [0.717, 1.165) is 28.2 Å². The lowest BCUT2D eigenvalue weighted by atomic mass is 9.34. The van der Waals surface area contributed by atoms with Crippen LogP contribution in [-0.4, -0.2) is 11.3 Å². The van der Waals surface area contributed by atoms with Crippen molar-refractivity contribution in [3.05, 3.63) is 309 Å². The van der Waals surface area contributed by atoms with Gasteiger partial charge in [0.2, 0.25) is 6.71 Å². The SMILES string of the molecule is c1ccc(-c2cccc(-c3ccccc3)c2N2c3cc(-c4cc(-c5ccccc5)c5sc6ccccc6c5c4)ccc3B3c4ccc(-c5cc(-c6ccccc6)c6sc7ccccc7c6c5)cc4Sc4cc(-n5c6ccccc6c6ccccc65)cc2c43)cc1. The molecule has 0 aliphatic carbocycles. The minimum atomic E-state index is -0.0942. The van der Waals surface area contributed by atoms with Crippen LogP contribution in [0.15, 0.2) is 319 Å². The first-order chi connectivity index (χ1) is 44.6. The molecule has 0 fully saturated rings. The van der Waals surface area contributed by atoms with Crippen molar-refractivity contribution in [1.82, 2.24) is 4.57 Å². The van der Waals surface area contributed by atoms with E-state index in [4.69, 9.17) is 0 Å². The lowest BCUT2D eigenvalue weighted by Gasteiger charge is -2.42. The first kappa shape index (κ1) is 51.6. The summed E-state index contributed by atoms with van der Waals surface area (Å²) in [6.07, 6.45) is 0. The van der Waals surface area contributed by atoms with Gasteiger partial charge in [0.1, 0.15) is 0 Å². The highest BCUT2D eigenvalue weighted by Crippen LogP contribution is 2.52. The Hall–Kier alpha value is -10.5. The molecule has 0 saturated heterocycles. The van der Waals surface area contributed by atoms with E-state index >= 15 is 0 Å². The topological polar surface area (TPSA) is 8.17 Å². The second kappa shape index (κ2) is 20.6. The number of thiophene rings is 2. The Morgan fingerprint density at radius 2 is 0.733 bits per heavy atom. The number of benzene rings is 14. The van der Waals surface area contributed by atoms with E-state index in [1.54, 1.807) is 0 Å². The molecule has 3 aromatic heterocycles. The second-order valence-corrected chi connectivity index (χ2v) is 27.0. The van der Waals surface area contributed by atoms with Gasteiger partial charge in [-0.15, -0.1) is 22.7 Å². The van der Waals surface area contributed by atoms with Crippen molar-refractivity contribution in [1.29, 1.82) is 0 Å². The molecule has 2 aliphatic rings. The Bertz CT molecular complexity index is 5660. The molecule has 2 nitrogen and oxygen atoms in total. The van der Waals surface area contributed by atoms with Gasteiger partial charge >= 0.3 is 0 Å². The molecular formula is C84H51BN2S3. The van der Waals surface area contributed by atoms with E-state index in [0.29, 0.717) is 0 Å². The number of hydrogen-bond acceptors (Lipinski definition) is 4. The Morgan fingerprint density at radius 3 is 1.27 bits per heavy atom. The molecule has 0 radical (unpaired) electrons. The summed E-state index contributed by atoms with van der Waals surface area (Å²) in [5.41, 5.74) is 25.3. The molecular weight excluding hydrogens is 1140 g/mol. The minimum Gasteiger partial charge on any atom is -0.310 e. The molecule has 6 heteroatoms. The van der Waals surface area contributed by atoms with Crippen molar-refractivity contribution in [2.75, 3.05) is 4.90 Å². The zero-order valence-electron chi connectivity index (χ0n) is 48.6. The molecule has 0 spiro atoms. The first-order valence-electron chi connectivity index (χ1n) is 30.8. The van der Waals surface area contributed by atoms with Crippen LogP contribution in [0.2, 0.25) is 0 Å².